The molecule has 1 unspecified atom stereocenters. The number of benzene rings is 2. The van der Waals surface area contributed by atoms with Crippen LogP contribution in [0, 0.1) is 10.8 Å². The van der Waals surface area contributed by atoms with Crippen LogP contribution < -0.4 is 10.2 Å². The Bertz CT molecular complexity index is 875. The molecule has 1 aliphatic carbocycles. The van der Waals surface area contributed by atoms with E-state index >= 15 is 0 Å². The van der Waals surface area contributed by atoms with Crippen molar-refractivity contribution in [2.24, 2.45) is 11.1 Å². The first-order valence-corrected chi connectivity index (χ1v) is 9.92. The molecule has 1 amide bonds. The summed E-state index contributed by atoms with van der Waals surface area (Å²) in [7, 11) is 0. The van der Waals surface area contributed by atoms with Crippen LogP contribution in [0.5, 0.6) is 0 Å². The van der Waals surface area contributed by atoms with Crippen molar-refractivity contribution < 1.29 is 9.90 Å². The number of piperidine rings is 1. The molecule has 0 spiro atoms. The zero-order chi connectivity index (χ0) is 19.5. The molecule has 1 heterocycles. The highest BCUT2D eigenvalue weighted by molar-refractivity contribution is 5.93. The number of nitrogens with zero attached hydrogens (tertiary/aromatic N) is 2. The molecule has 1 fully saturated rings. The summed E-state index contributed by atoms with van der Waals surface area (Å²) < 4.78 is 0. The van der Waals surface area contributed by atoms with E-state index in [1.54, 1.807) is 12.1 Å². The number of hydrogen-bond donors (Lipinski definition) is 2. The number of anilines is 2. The molecule has 28 heavy (non-hydrogen) atoms. The molecular weight excluding hydrogens is 354 g/mol. The van der Waals surface area contributed by atoms with Crippen molar-refractivity contribution in [3.05, 3.63) is 58.5 Å². The second kappa shape index (κ2) is 8.10. The van der Waals surface area contributed by atoms with Crippen LogP contribution in [0.4, 0.5) is 17.1 Å². The van der Waals surface area contributed by atoms with Crippen LogP contribution in [0.3, 0.4) is 0 Å². The molecular formula is C22H25N3O3. The number of nitrogens with one attached hydrogen (secondary N) is 1. The van der Waals surface area contributed by atoms with E-state index in [4.69, 9.17) is 0 Å². The Balaban J connectivity index is 1.41. The first-order valence-electron chi connectivity index (χ1n) is 9.92. The molecule has 0 bridgehead atoms. The van der Waals surface area contributed by atoms with Gasteiger partial charge in [-0.2, -0.15) is 0 Å². The minimum atomic E-state index is -0.333. The number of fused-ring (bicyclic) bond motifs is 1. The van der Waals surface area contributed by atoms with E-state index in [1.807, 2.05) is 24.3 Å². The molecule has 6 heteroatoms. The maximum Gasteiger partial charge on any atom is 0.227 e. The monoisotopic (exact) mass is 379 g/mol. The SMILES string of the molecule is O=Nc1ccccc1N1CCC(C(=O)Nc2cccc3c2CC(O)CC3)CC1. The molecule has 1 aliphatic heterocycles. The summed E-state index contributed by atoms with van der Waals surface area (Å²) in [4.78, 5) is 26.0. The summed E-state index contributed by atoms with van der Waals surface area (Å²) in [5, 5.41) is 16.2. The summed E-state index contributed by atoms with van der Waals surface area (Å²) in [5.41, 5.74) is 4.40. The van der Waals surface area contributed by atoms with Gasteiger partial charge in [0.1, 0.15) is 5.69 Å². The Hall–Kier alpha value is -2.73. The molecule has 0 saturated carbocycles. The van der Waals surface area contributed by atoms with Crippen LogP contribution in [0.2, 0.25) is 0 Å². The Labute approximate surface area is 164 Å². The molecule has 1 atom stereocenters. The van der Waals surface area contributed by atoms with Crippen molar-refractivity contribution in [3.8, 4) is 0 Å². The van der Waals surface area contributed by atoms with E-state index in [9.17, 15) is 14.8 Å². The minimum Gasteiger partial charge on any atom is -0.393 e. The predicted octanol–water partition coefficient (Wildman–Crippen LogP) is 3.79. The average Bonchev–Trinajstić information content (AvgIpc) is 2.74. The molecule has 2 aromatic carbocycles. The maximum absolute atomic E-state index is 12.8. The number of para-hydroxylation sites is 1. The van der Waals surface area contributed by atoms with Crippen LogP contribution >= 0.6 is 0 Å². The van der Waals surface area contributed by atoms with Gasteiger partial charge in [0.25, 0.3) is 0 Å². The van der Waals surface area contributed by atoms with Crippen molar-refractivity contribution in [2.45, 2.75) is 38.2 Å². The van der Waals surface area contributed by atoms with Crippen molar-refractivity contribution in [2.75, 3.05) is 23.3 Å². The quantitative estimate of drug-likeness (QED) is 0.792. The Kier molecular flexibility index (Phi) is 5.39. The lowest BCUT2D eigenvalue weighted by atomic mass is 9.88. The molecule has 0 aromatic heterocycles. The second-order valence-corrected chi connectivity index (χ2v) is 7.67. The van der Waals surface area contributed by atoms with Gasteiger partial charge in [-0.15, -0.1) is 4.91 Å². The zero-order valence-electron chi connectivity index (χ0n) is 15.8. The van der Waals surface area contributed by atoms with E-state index in [1.165, 1.54) is 5.56 Å². The first kappa shape index (κ1) is 18.6. The van der Waals surface area contributed by atoms with Gasteiger partial charge < -0.3 is 15.3 Å². The highest BCUT2D eigenvalue weighted by Gasteiger charge is 2.27. The van der Waals surface area contributed by atoms with Crippen molar-refractivity contribution in [1.82, 2.24) is 0 Å². The van der Waals surface area contributed by atoms with Gasteiger partial charge in [-0.25, -0.2) is 0 Å². The molecule has 1 saturated heterocycles. The van der Waals surface area contributed by atoms with Gasteiger partial charge in [0, 0.05) is 31.1 Å². The van der Waals surface area contributed by atoms with Gasteiger partial charge in [0.05, 0.1) is 11.8 Å². The summed E-state index contributed by atoms with van der Waals surface area (Å²) in [5.74, 6) is -0.0214. The van der Waals surface area contributed by atoms with Gasteiger partial charge in [0.2, 0.25) is 5.91 Å². The van der Waals surface area contributed by atoms with Crippen LogP contribution in [-0.2, 0) is 17.6 Å². The predicted molar refractivity (Wildman–Crippen MR) is 110 cm³/mol. The number of aliphatic hydroxyl groups excluding tert-OH is 1. The van der Waals surface area contributed by atoms with Crippen molar-refractivity contribution >= 4 is 23.0 Å². The smallest absolute Gasteiger partial charge is 0.227 e. The lowest BCUT2D eigenvalue weighted by Gasteiger charge is -2.33. The zero-order valence-corrected chi connectivity index (χ0v) is 15.8. The van der Waals surface area contributed by atoms with Gasteiger partial charge in [0.15, 0.2) is 0 Å². The number of aryl methyl sites for hydroxylation is 1. The number of carbonyl (C=O) groups is 1. The lowest BCUT2D eigenvalue weighted by Crippen LogP contribution is -2.38. The number of nitroso groups, excluding NO2 is 1. The molecule has 146 valence electrons. The average molecular weight is 379 g/mol. The van der Waals surface area contributed by atoms with Crippen LogP contribution in [-0.4, -0.2) is 30.2 Å². The van der Waals surface area contributed by atoms with Gasteiger partial charge >= 0.3 is 0 Å². The number of hydrogen-bond acceptors (Lipinski definition) is 5. The van der Waals surface area contributed by atoms with Crippen LogP contribution in [0.1, 0.15) is 30.4 Å². The van der Waals surface area contributed by atoms with E-state index in [0.29, 0.717) is 12.1 Å². The Morgan fingerprint density at radius 2 is 1.86 bits per heavy atom. The standard InChI is InChI=1S/C22H25N3O3/c26-17-9-8-15-4-3-6-19(18(15)14-17)23-22(27)16-10-12-25(13-11-16)21-7-2-1-5-20(21)24-28/h1-7,16-17,26H,8-14H2,(H,23,27). The lowest BCUT2D eigenvalue weighted by molar-refractivity contribution is -0.120. The first-order chi connectivity index (χ1) is 13.7. The Morgan fingerprint density at radius 3 is 2.64 bits per heavy atom. The number of rotatable bonds is 4. The van der Waals surface area contributed by atoms with Crippen molar-refractivity contribution in [1.29, 1.82) is 0 Å². The van der Waals surface area contributed by atoms with Crippen LogP contribution in [0.15, 0.2) is 47.6 Å². The van der Waals surface area contributed by atoms with E-state index in [-0.39, 0.29) is 17.9 Å². The molecule has 2 aromatic rings. The number of aliphatic hydroxyl groups is 1. The minimum absolute atomic E-state index is 0.0370. The van der Waals surface area contributed by atoms with Gasteiger partial charge in [-0.1, -0.05) is 24.3 Å². The van der Waals surface area contributed by atoms with Crippen molar-refractivity contribution in [3.63, 3.8) is 0 Å². The number of carbonyl (C=O) groups excluding carboxylic acids is 1. The highest BCUT2D eigenvalue weighted by Crippen LogP contribution is 2.33. The summed E-state index contributed by atoms with van der Waals surface area (Å²) >= 11 is 0. The third kappa shape index (κ3) is 3.78. The summed E-state index contributed by atoms with van der Waals surface area (Å²) in [6.07, 6.45) is 3.36. The van der Waals surface area contributed by atoms with E-state index < -0.39 is 0 Å². The topological polar surface area (TPSA) is 82.0 Å². The third-order valence-corrected chi connectivity index (χ3v) is 5.90. The van der Waals surface area contributed by atoms with Gasteiger partial charge in [-0.05, 0) is 60.2 Å². The second-order valence-electron chi connectivity index (χ2n) is 7.67. The van der Waals surface area contributed by atoms with Crippen LogP contribution in [0.25, 0.3) is 0 Å². The fourth-order valence-electron chi connectivity index (χ4n) is 4.31. The third-order valence-electron chi connectivity index (χ3n) is 5.90. The normalized spacial score (nSPS) is 19.8. The summed E-state index contributed by atoms with van der Waals surface area (Å²) in [6, 6.07) is 13.3. The fourth-order valence-corrected chi connectivity index (χ4v) is 4.31. The molecule has 0 radical (unpaired) electrons. The number of amides is 1. The molecule has 2 aliphatic rings. The molecule has 4 rings (SSSR count). The maximum atomic E-state index is 12.8. The van der Waals surface area contributed by atoms with Gasteiger partial charge in [-0.3, -0.25) is 4.79 Å². The molecule has 6 nitrogen and oxygen atoms in total. The van der Waals surface area contributed by atoms with E-state index in [2.05, 4.69) is 21.5 Å². The van der Waals surface area contributed by atoms with E-state index in [0.717, 1.165) is 55.7 Å². The fraction of sp³-hybridized carbons (Fsp3) is 0.409. The largest absolute Gasteiger partial charge is 0.393 e. The summed E-state index contributed by atoms with van der Waals surface area (Å²) in [6.45, 7) is 1.44. The Morgan fingerprint density at radius 1 is 1.07 bits per heavy atom. The molecule has 2 N–H and O–H groups in total. The highest BCUT2D eigenvalue weighted by atomic mass is 16.3.